The first kappa shape index (κ1) is 11.1. The van der Waals surface area contributed by atoms with Gasteiger partial charge < -0.3 is 15.2 Å². The zero-order valence-corrected chi connectivity index (χ0v) is 9.98. The Balaban J connectivity index is 1.68. The summed E-state index contributed by atoms with van der Waals surface area (Å²) in [7, 11) is 0. The van der Waals surface area contributed by atoms with E-state index in [1.165, 1.54) is 5.56 Å². The van der Waals surface area contributed by atoms with Crippen LogP contribution in [-0.2, 0) is 0 Å². The molecule has 0 bridgehead atoms. The highest BCUT2D eigenvalue weighted by atomic mass is 16.5. The SMILES string of the molecule is OC1(CNC2CCOc3ccccc32)CCC1. The maximum Gasteiger partial charge on any atom is 0.124 e. The summed E-state index contributed by atoms with van der Waals surface area (Å²) in [5.74, 6) is 0.983. The van der Waals surface area contributed by atoms with Gasteiger partial charge in [-0.15, -0.1) is 0 Å². The minimum Gasteiger partial charge on any atom is -0.493 e. The monoisotopic (exact) mass is 233 g/mol. The third kappa shape index (κ3) is 2.17. The number of fused-ring (bicyclic) bond motifs is 1. The molecule has 0 saturated heterocycles. The molecule has 2 aliphatic rings. The van der Waals surface area contributed by atoms with Crippen LogP contribution in [0.25, 0.3) is 0 Å². The minimum atomic E-state index is -0.451. The highest BCUT2D eigenvalue weighted by Gasteiger charge is 2.35. The first-order chi connectivity index (χ1) is 8.27. The fourth-order valence-corrected chi connectivity index (χ4v) is 2.63. The van der Waals surface area contributed by atoms with E-state index in [0.717, 1.165) is 38.0 Å². The van der Waals surface area contributed by atoms with Crippen molar-refractivity contribution in [2.24, 2.45) is 0 Å². The molecule has 3 heteroatoms. The van der Waals surface area contributed by atoms with Crippen molar-refractivity contribution in [2.45, 2.75) is 37.3 Å². The molecular weight excluding hydrogens is 214 g/mol. The van der Waals surface area contributed by atoms with Crippen molar-refractivity contribution in [3.05, 3.63) is 29.8 Å². The molecular formula is C14H19NO2. The van der Waals surface area contributed by atoms with E-state index in [-0.39, 0.29) is 0 Å². The summed E-state index contributed by atoms with van der Waals surface area (Å²) in [5.41, 5.74) is 0.773. The third-order valence-electron chi connectivity index (χ3n) is 3.92. The normalized spacial score (nSPS) is 25.6. The van der Waals surface area contributed by atoms with Crippen LogP contribution in [0.15, 0.2) is 24.3 Å². The van der Waals surface area contributed by atoms with Crippen LogP contribution in [0.2, 0.25) is 0 Å². The number of para-hydroxylation sites is 1. The Kier molecular flexibility index (Phi) is 2.81. The number of ether oxygens (including phenoxy) is 1. The van der Waals surface area contributed by atoms with Gasteiger partial charge in [0.25, 0.3) is 0 Å². The van der Waals surface area contributed by atoms with Gasteiger partial charge in [0.1, 0.15) is 5.75 Å². The van der Waals surface area contributed by atoms with Gasteiger partial charge in [-0.05, 0) is 25.3 Å². The lowest BCUT2D eigenvalue weighted by atomic mass is 9.80. The second-order valence-electron chi connectivity index (χ2n) is 5.19. The van der Waals surface area contributed by atoms with Crippen LogP contribution in [0.3, 0.4) is 0 Å². The van der Waals surface area contributed by atoms with E-state index < -0.39 is 5.60 Å². The van der Waals surface area contributed by atoms with Crippen LogP contribution in [-0.4, -0.2) is 23.9 Å². The maximum absolute atomic E-state index is 10.1. The molecule has 1 saturated carbocycles. The lowest BCUT2D eigenvalue weighted by Crippen LogP contribution is -2.47. The number of hydrogen-bond acceptors (Lipinski definition) is 3. The smallest absolute Gasteiger partial charge is 0.124 e. The lowest BCUT2D eigenvalue weighted by molar-refractivity contribution is -0.0340. The van der Waals surface area contributed by atoms with Crippen LogP contribution >= 0.6 is 0 Å². The van der Waals surface area contributed by atoms with Gasteiger partial charge in [0.2, 0.25) is 0 Å². The minimum absolute atomic E-state index is 0.324. The van der Waals surface area contributed by atoms with Crippen molar-refractivity contribution in [1.29, 1.82) is 0 Å². The summed E-state index contributed by atoms with van der Waals surface area (Å²) in [6.45, 7) is 1.46. The van der Waals surface area contributed by atoms with Gasteiger partial charge in [-0.1, -0.05) is 18.2 Å². The Morgan fingerprint density at radius 2 is 2.18 bits per heavy atom. The molecule has 2 N–H and O–H groups in total. The van der Waals surface area contributed by atoms with Crippen molar-refractivity contribution >= 4 is 0 Å². The summed E-state index contributed by atoms with van der Waals surface area (Å²) >= 11 is 0. The van der Waals surface area contributed by atoms with Gasteiger partial charge >= 0.3 is 0 Å². The van der Waals surface area contributed by atoms with E-state index in [2.05, 4.69) is 11.4 Å². The highest BCUT2D eigenvalue weighted by Crippen LogP contribution is 2.34. The molecule has 0 amide bonds. The first-order valence-corrected chi connectivity index (χ1v) is 6.44. The van der Waals surface area contributed by atoms with Gasteiger partial charge in [0.05, 0.1) is 12.2 Å². The number of rotatable bonds is 3. The molecule has 1 aromatic rings. The molecule has 1 unspecified atom stereocenters. The molecule has 1 atom stereocenters. The van der Waals surface area contributed by atoms with E-state index in [4.69, 9.17) is 4.74 Å². The van der Waals surface area contributed by atoms with Gasteiger partial charge in [-0.3, -0.25) is 0 Å². The Bertz CT molecular complexity index is 401. The summed E-state index contributed by atoms with van der Waals surface area (Å²) in [5, 5.41) is 13.6. The van der Waals surface area contributed by atoms with Crippen LogP contribution in [0, 0.1) is 0 Å². The predicted molar refractivity (Wildman–Crippen MR) is 66.1 cm³/mol. The zero-order chi connectivity index (χ0) is 11.7. The summed E-state index contributed by atoms with van der Waals surface area (Å²) < 4.78 is 5.62. The molecule has 3 rings (SSSR count). The number of nitrogens with one attached hydrogen (secondary N) is 1. The van der Waals surface area contributed by atoms with Crippen LogP contribution in [0.1, 0.15) is 37.3 Å². The molecule has 1 fully saturated rings. The van der Waals surface area contributed by atoms with Crippen molar-refractivity contribution < 1.29 is 9.84 Å². The number of aliphatic hydroxyl groups is 1. The maximum atomic E-state index is 10.1. The molecule has 1 heterocycles. The summed E-state index contributed by atoms with van der Waals surface area (Å²) in [6.07, 6.45) is 4.01. The molecule has 1 aromatic carbocycles. The number of hydrogen-bond donors (Lipinski definition) is 2. The molecule has 17 heavy (non-hydrogen) atoms. The van der Waals surface area contributed by atoms with Crippen molar-refractivity contribution in [3.63, 3.8) is 0 Å². The first-order valence-electron chi connectivity index (χ1n) is 6.44. The molecule has 3 nitrogen and oxygen atoms in total. The third-order valence-corrected chi connectivity index (χ3v) is 3.92. The molecule has 0 spiro atoms. The van der Waals surface area contributed by atoms with Crippen LogP contribution in [0.4, 0.5) is 0 Å². The quantitative estimate of drug-likeness (QED) is 0.839. The lowest BCUT2D eigenvalue weighted by Gasteiger charge is -2.38. The fraction of sp³-hybridized carbons (Fsp3) is 0.571. The summed E-state index contributed by atoms with van der Waals surface area (Å²) in [6, 6.07) is 8.49. The topological polar surface area (TPSA) is 41.5 Å². The molecule has 0 aromatic heterocycles. The Hall–Kier alpha value is -1.06. The highest BCUT2D eigenvalue weighted by molar-refractivity contribution is 5.37. The molecule has 0 radical (unpaired) electrons. The van der Waals surface area contributed by atoms with Gasteiger partial charge in [0.15, 0.2) is 0 Å². The molecule has 1 aliphatic heterocycles. The Morgan fingerprint density at radius 1 is 1.35 bits per heavy atom. The van der Waals surface area contributed by atoms with Crippen LogP contribution < -0.4 is 10.1 Å². The predicted octanol–water partition coefficient (Wildman–Crippen LogP) is 2.01. The molecule has 92 valence electrons. The second-order valence-corrected chi connectivity index (χ2v) is 5.19. The molecule has 1 aliphatic carbocycles. The van der Waals surface area contributed by atoms with Crippen molar-refractivity contribution in [2.75, 3.05) is 13.2 Å². The van der Waals surface area contributed by atoms with E-state index in [0.29, 0.717) is 12.6 Å². The van der Waals surface area contributed by atoms with Gasteiger partial charge in [0, 0.05) is 24.6 Å². The van der Waals surface area contributed by atoms with Crippen molar-refractivity contribution in [1.82, 2.24) is 5.32 Å². The van der Waals surface area contributed by atoms with E-state index in [1.807, 2.05) is 18.2 Å². The summed E-state index contributed by atoms with van der Waals surface area (Å²) in [4.78, 5) is 0. The Labute approximate surface area is 102 Å². The van der Waals surface area contributed by atoms with Crippen LogP contribution in [0.5, 0.6) is 5.75 Å². The van der Waals surface area contributed by atoms with E-state index >= 15 is 0 Å². The van der Waals surface area contributed by atoms with E-state index in [9.17, 15) is 5.11 Å². The van der Waals surface area contributed by atoms with Crippen molar-refractivity contribution in [3.8, 4) is 5.75 Å². The zero-order valence-electron chi connectivity index (χ0n) is 9.98. The average molecular weight is 233 g/mol. The van der Waals surface area contributed by atoms with Gasteiger partial charge in [-0.2, -0.15) is 0 Å². The number of benzene rings is 1. The average Bonchev–Trinajstić information content (AvgIpc) is 2.34. The van der Waals surface area contributed by atoms with Gasteiger partial charge in [-0.25, -0.2) is 0 Å². The largest absolute Gasteiger partial charge is 0.493 e. The fourth-order valence-electron chi connectivity index (χ4n) is 2.63. The van der Waals surface area contributed by atoms with E-state index in [1.54, 1.807) is 0 Å². The Morgan fingerprint density at radius 3 is 2.94 bits per heavy atom. The second kappa shape index (κ2) is 4.31. The standard InChI is InChI=1S/C14H19NO2/c16-14(7-3-8-14)10-15-12-6-9-17-13-5-2-1-4-11(12)13/h1-2,4-5,12,15-16H,3,6-10H2.